The molecule has 0 unspecified atom stereocenters. The van der Waals surface area contributed by atoms with Crippen LogP contribution in [0.15, 0.2) is 66.7 Å². The van der Waals surface area contributed by atoms with Crippen molar-refractivity contribution in [1.82, 2.24) is 25.1 Å². The van der Waals surface area contributed by atoms with Crippen LogP contribution in [0.3, 0.4) is 0 Å². The molecule has 2 aliphatic carbocycles. The minimum absolute atomic E-state index is 0.00931. The number of nitrogens with one attached hydrogen (secondary N) is 1. The molecule has 0 radical (unpaired) electrons. The van der Waals surface area contributed by atoms with E-state index in [1.165, 1.54) is 30.4 Å². The Morgan fingerprint density at radius 1 is 0.952 bits per heavy atom. The van der Waals surface area contributed by atoms with Crippen molar-refractivity contribution in [3.63, 3.8) is 0 Å². The third-order valence-electron chi connectivity index (χ3n) is 11.7. The molecule has 10 nitrogen and oxygen atoms in total. The van der Waals surface area contributed by atoms with Crippen molar-refractivity contribution in [2.24, 2.45) is 17.6 Å². The fraction of sp³-hybridized carbons (Fsp3) is 0.310. The Hall–Kier alpha value is -5.82. The number of alkyl halides is 5. The molecule has 1 aliphatic heterocycles. The van der Waals surface area contributed by atoms with Gasteiger partial charge in [0.1, 0.15) is 29.7 Å². The summed E-state index contributed by atoms with van der Waals surface area (Å²) in [5.74, 6) is -11.9. The second-order valence-corrected chi connectivity index (χ2v) is 17.1. The number of pyridine rings is 1. The SMILES string of the molecule is C[C@@H]1[C@@H]2c3c(C(F)(F)F)nn(CC(=O)N[C@@H](Cc4cc(F)cc(F)c4)c4nc5nc(N6CCN(c7ccc(Cl)cc7)CC6)sc5cc4-c4ccc(F)c(C(N)=O)c4)c3C(F)(F)[C@H]12. The predicted molar refractivity (Wildman–Crippen MR) is 215 cm³/mol. The number of hydrogen-bond acceptors (Lipinski definition) is 8. The van der Waals surface area contributed by atoms with Gasteiger partial charge in [0.2, 0.25) is 5.91 Å². The number of aromatic nitrogens is 4. The van der Waals surface area contributed by atoms with Gasteiger partial charge in [0.15, 0.2) is 16.5 Å². The summed E-state index contributed by atoms with van der Waals surface area (Å²) in [6, 6.07) is 13.8. The number of halogens is 9. The Bertz CT molecular complexity index is 2750. The number of carbonyl (C=O) groups is 2. The maximum absolute atomic E-state index is 15.7. The van der Waals surface area contributed by atoms with Crippen LogP contribution < -0.4 is 20.9 Å². The number of rotatable bonds is 10. The smallest absolute Gasteiger partial charge is 0.368 e. The van der Waals surface area contributed by atoms with E-state index in [0.717, 1.165) is 23.9 Å². The number of hydrogen-bond donors (Lipinski definition) is 2. The Balaban J connectivity index is 1.11. The summed E-state index contributed by atoms with van der Waals surface area (Å²) in [5.41, 5.74) is 3.44. The Morgan fingerprint density at radius 3 is 2.29 bits per heavy atom. The van der Waals surface area contributed by atoms with Gasteiger partial charge in [-0.15, -0.1) is 0 Å². The van der Waals surface area contributed by atoms with Crippen LogP contribution in [0, 0.1) is 29.3 Å². The Kier molecular flexibility index (Phi) is 10.2. The average Bonchev–Trinajstić information content (AvgIpc) is 3.45. The van der Waals surface area contributed by atoms with E-state index in [4.69, 9.17) is 27.3 Å². The fourth-order valence-corrected chi connectivity index (χ4v) is 9.96. The quantitative estimate of drug-likeness (QED) is 0.132. The first-order valence-electron chi connectivity index (χ1n) is 19.3. The molecule has 3 aromatic carbocycles. The molecule has 4 heterocycles. The highest BCUT2D eigenvalue weighted by Crippen LogP contribution is 2.71. The summed E-state index contributed by atoms with van der Waals surface area (Å²) in [6.45, 7) is 2.76. The van der Waals surface area contributed by atoms with Gasteiger partial charge in [-0.1, -0.05) is 35.9 Å². The number of carbonyl (C=O) groups excluding carboxylic acids is 2. The molecular formula is C42H33ClF8N8O2S. The number of benzene rings is 3. The van der Waals surface area contributed by atoms with Crippen molar-refractivity contribution >= 4 is 55.9 Å². The molecule has 62 heavy (non-hydrogen) atoms. The molecule has 3 aliphatic rings. The minimum Gasteiger partial charge on any atom is -0.368 e. The third kappa shape index (κ3) is 7.47. The van der Waals surface area contributed by atoms with E-state index in [1.807, 2.05) is 17.0 Å². The number of fused-ring (bicyclic) bond motifs is 4. The molecule has 2 fully saturated rings. The summed E-state index contributed by atoms with van der Waals surface area (Å²) in [6.07, 6.45) is -5.48. The molecule has 20 heteroatoms. The van der Waals surface area contributed by atoms with Gasteiger partial charge in [0.05, 0.1) is 22.0 Å². The van der Waals surface area contributed by atoms with E-state index in [-0.39, 0.29) is 34.5 Å². The molecule has 3 aromatic heterocycles. The minimum atomic E-state index is -5.09. The van der Waals surface area contributed by atoms with Gasteiger partial charge in [0, 0.05) is 65.9 Å². The van der Waals surface area contributed by atoms with E-state index >= 15 is 8.78 Å². The lowest BCUT2D eigenvalue weighted by Crippen LogP contribution is -2.46. The van der Waals surface area contributed by atoms with Crippen LogP contribution in [0.4, 0.5) is 45.9 Å². The van der Waals surface area contributed by atoms with Crippen molar-refractivity contribution in [3.8, 4) is 11.1 Å². The van der Waals surface area contributed by atoms with E-state index in [1.54, 1.807) is 18.2 Å². The molecule has 0 bridgehead atoms. The first kappa shape index (κ1) is 41.5. The lowest BCUT2D eigenvalue weighted by atomic mass is 9.94. The summed E-state index contributed by atoms with van der Waals surface area (Å²) < 4.78 is 119. The molecule has 3 N–H and O–H groups in total. The molecule has 9 rings (SSSR count). The van der Waals surface area contributed by atoms with Crippen molar-refractivity contribution in [1.29, 1.82) is 0 Å². The summed E-state index contributed by atoms with van der Waals surface area (Å²) in [7, 11) is 0. The zero-order chi connectivity index (χ0) is 44.0. The number of thiazole rings is 1. The topological polar surface area (TPSA) is 122 Å². The predicted octanol–water partition coefficient (Wildman–Crippen LogP) is 8.62. The summed E-state index contributed by atoms with van der Waals surface area (Å²) in [4.78, 5) is 40.1. The third-order valence-corrected chi connectivity index (χ3v) is 13.0. The molecule has 1 saturated heterocycles. The Labute approximate surface area is 356 Å². The lowest BCUT2D eigenvalue weighted by molar-refractivity contribution is -0.142. The maximum atomic E-state index is 15.7. The summed E-state index contributed by atoms with van der Waals surface area (Å²) in [5, 5.41) is 7.32. The second-order valence-electron chi connectivity index (χ2n) is 15.7. The van der Waals surface area contributed by atoms with Crippen LogP contribution in [0.2, 0.25) is 5.02 Å². The highest BCUT2D eigenvalue weighted by Gasteiger charge is 2.72. The van der Waals surface area contributed by atoms with E-state index in [2.05, 4.69) is 15.3 Å². The molecule has 0 spiro atoms. The second kappa shape index (κ2) is 15.2. The number of nitrogens with zero attached hydrogens (tertiary/aromatic N) is 6. The van der Waals surface area contributed by atoms with Crippen LogP contribution in [-0.4, -0.2) is 57.7 Å². The van der Waals surface area contributed by atoms with Gasteiger partial charge in [-0.25, -0.2) is 18.2 Å². The zero-order valence-electron chi connectivity index (χ0n) is 32.3. The molecular weight excluding hydrogens is 868 g/mol. The number of piperazine rings is 1. The monoisotopic (exact) mass is 900 g/mol. The highest BCUT2D eigenvalue weighted by atomic mass is 35.5. The number of nitrogens with two attached hydrogens (primary N) is 1. The molecule has 4 atom stereocenters. The highest BCUT2D eigenvalue weighted by molar-refractivity contribution is 7.22. The first-order valence-corrected chi connectivity index (χ1v) is 20.5. The van der Waals surface area contributed by atoms with Crippen molar-refractivity contribution < 1.29 is 44.7 Å². The van der Waals surface area contributed by atoms with Crippen LogP contribution >= 0.6 is 22.9 Å². The molecule has 322 valence electrons. The van der Waals surface area contributed by atoms with E-state index in [9.17, 15) is 35.9 Å². The standard InChI is InChI=1S/C42H33ClF8N8O2S/c1-19-32-33-36(42(49,50)51)56-59(37(33)41(47,48)34(19)32)18-31(60)53-29(14-20-12-23(44)16-24(45)13-20)35-26(21-2-7-28(46)27(15-21)38(52)61)17-30-39(54-35)55-40(62-30)58-10-8-57(9-11-58)25-5-3-22(43)4-6-25/h2-7,12-13,15-17,19,29,32,34H,8-11,14,18H2,1H3,(H2,52,61)(H,53,60)/t19-,29+,32-,34-/m1/s1. The van der Waals surface area contributed by atoms with Crippen molar-refractivity contribution in [3.05, 3.63) is 123 Å². The largest absolute Gasteiger partial charge is 0.435 e. The Morgan fingerprint density at radius 2 is 1.63 bits per heavy atom. The van der Waals surface area contributed by atoms with E-state index in [0.29, 0.717) is 51.8 Å². The van der Waals surface area contributed by atoms with Gasteiger partial charge in [-0.3, -0.25) is 14.3 Å². The maximum Gasteiger partial charge on any atom is 0.435 e. The molecule has 1 saturated carbocycles. The first-order chi connectivity index (χ1) is 29.4. The van der Waals surface area contributed by atoms with Gasteiger partial charge < -0.3 is 20.9 Å². The van der Waals surface area contributed by atoms with Crippen LogP contribution in [0.1, 0.15) is 57.5 Å². The zero-order valence-corrected chi connectivity index (χ0v) is 33.9. The van der Waals surface area contributed by atoms with E-state index < -0.39 is 94.2 Å². The number of amides is 2. The van der Waals surface area contributed by atoms with Crippen LogP contribution in [0.5, 0.6) is 0 Å². The summed E-state index contributed by atoms with van der Waals surface area (Å²) >= 11 is 7.35. The van der Waals surface area contributed by atoms with Crippen LogP contribution in [0.25, 0.3) is 21.5 Å². The van der Waals surface area contributed by atoms with Gasteiger partial charge in [-0.05, 0) is 78.1 Å². The molecule has 2 amide bonds. The number of primary amides is 1. The van der Waals surface area contributed by atoms with Gasteiger partial charge in [-0.2, -0.15) is 32.0 Å². The van der Waals surface area contributed by atoms with Gasteiger partial charge >= 0.3 is 6.18 Å². The molecule has 6 aromatic rings. The van der Waals surface area contributed by atoms with Crippen molar-refractivity contribution in [2.75, 3.05) is 36.0 Å². The van der Waals surface area contributed by atoms with Crippen molar-refractivity contribution in [2.45, 2.75) is 43.9 Å². The number of anilines is 2. The fourth-order valence-electron chi connectivity index (χ4n) is 8.83. The van der Waals surface area contributed by atoms with Crippen LogP contribution in [-0.2, 0) is 29.9 Å². The lowest BCUT2D eigenvalue weighted by Gasteiger charge is -2.35. The normalized spacial score (nSPS) is 19.7. The average molecular weight is 901 g/mol. The van der Waals surface area contributed by atoms with Gasteiger partial charge in [0.25, 0.3) is 11.8 Å².